The van der Waals surface area contributed by atoms with E-state index in [9.17, 15) is 22.8 Å². The molecular weight excluding hydrogens is 421 g/mol. The first-order valence-corrected chi connectivity index (χ1v) is 9.64. The molecular formula is C23H21F3N4O2. The number of nitrogens with one attached hydrogen (secondary N) is 2. The van der Waals surface area contributed by atoms with E-state index in [1.54, 1.807) is 0 Å². The summed E-state index contributed by atoms with van der Waals surface area (Å²) in [5, 5.41) is 5.93. The number of aryl methyl sites for hydroxylation is 2. The molecule has 0 unspecified atom stereocenters. The van der Waals surface area contributed by atoms with Crippen molar-refractivity contribution in [3.8, 4) is 5.69 Å². The molecule has 2 aromatic carbocycles. The Balaban J connectivity index is 1.67. The van der Waals surface area contributed by atoms with Crippen LogP contribution in [0.2, 0.25) is 0 Å². The summed E-state index contributed by atoms with van der Waals surface area (Å²) in [4.78, 5) is 23.9. The second kappa shape index (κ2) is 9.09. The second-order valence-electron chi connectivity index (χ2n) is 7.23. The highest BCUT2D eigenvalue weighted by Gasteiger charge is 2.30. The van der Waals surface area contributed by atoms with Crippen molar-refractivity contribution in [3.63, 3.8) is 0 Å². The third-order valence-corrected chi connectivity index (χ3v) is 4.75. The number of nitrogens with zero attached hydrogens (tertiary/aromatic N) is 2. The molecule has 0 aliphatic heterocycles. The van der Waals surface area contributed by atoms with Gasteiger partial charge < -0.3 is 9.88 Å². The van der Waals surface area contributed by atoms with Gasteiger partial charge in [0.1, 0.15) is 0 Å². The van der Waals surface area contributed by atoms with E-state index >= 15 is 0 Å². The number of carbonyl (C=O) groups is 2. The molecule has 2 amide bonds. The molecule has 0 atom stereocenters. The van der Waals surface area contributed by atoms with Crippen molar-refractivity contribution >= 4 is 23.7 Å². The lowest BCUT2D eigenvalue weighted by Crippen LogP contribution is -2.32. The summed E-state index contributed by atoms with van der Waals surface area (Å²) < 4.78 is 40.3. The quantitative estimate of drug-likeness (QED) is 0.354. The number of rotatable bonds is 4. The number of hydrazone groups is 1. The van der Waals surface area contributed by atoms with Crippen LogP contribution in [0.25, 0.3) is 5.69 Å². The molecule has 3 rings (SSSR count). The molecule has 166 valence electrons. The van der Waals surface area contributed by atoms with Gasteiger partial charge in [0, 0.05) is 28.3 Å². The monoisotopic (exact) mass is 442 g/mol. The van der Waals surface area contributed by atoms with Gasteiger partial charge in [-0.2, -0.15) is 18.3 Å². The van der Waals surface area contributed by atoms with Crippen LogP contribution in [0, 0.1) is 20.8 Å². The molecule has 0 saturated heterocycles. The van der Waals surface area contributed by atoms with Gasteiger partial charge in [-0.3, -0.25) is 9.59 Å². The largest absolute Gasteiger partial charge is 0.416 e. The van der Waals surface area contributed by atoms with Crippen LogP contribution in [0.1, 0.15) is 28.1 Å². The summed E-state index contributed by atoms with van der Waals surface area (Å²) in [6, 6.07) is 13.9. The third-order valence-electron chi connectivity index (χ3n) is 4.75. The minimum absolute atomic E-state index is 0.148. The van der Waals surface area contributed by atoms with Crippen molar-refractivity contribution in [1.29, 1.82) is 0 Å². The van der Waals surface area contributed by atoms with E-state index in [1.165, 1.54) is 12.3 Å². The van der Waals surface area contributed by atoms with Gasteiger partial charge in [-0.05, 0) is 62.7 Å². The van der Waals surface area contributed by atoms with Gasteiger partial charge in [0.05, 0.1) is 11.8 Å². The van der Waals surface area contributed by atoms with E-state index in [0.29, 0.717) is 0 Å². The Hall–Kier alpha value is -3.88. The molecule has 0 aliphatic rings. The van der Waals surface area contributed by atoms with Gasteiger partial charge in [0.2, 0.25) is 0 Å². The molecule has 0 radical (unpaired) electrons. The van der Waals surface area contributed by atoms with E-state index in [-0.39, 0.29) is 5.69 Å². The fraction of sp³-hybridized carbons (Fsp3) is 0.174. The van der Waals surface area contributed by atoms with Crippen molar-refractivity contribution in [1.82, 2.24) is 9.99 Å². The minimum Gasteiger partial charge on any atom is -0.318 e. The first-order chi connectivity index (χ1) is 15.1. The summed E-state index contributed by atoms with van der Waals surface area (Å²) >= 11 is 0. The van der Waals surface area contributed by atoms with Crippen LogP contribution in [-0.2, 0) is 15.8 Å². The Labute approximate surface area is 182 Å². The highest BCUT2D eigenvalue weighted by atomic mass is 19.4. The summed E-state index contributed by atoms with van der Waals surface area (Å²) in [5.74, 6) is -2.24. The van der Waals surface area contributed by atoms with E-state index in [1.807, 2.05) is 55.7 Å². The van der Waals surface area contributed by atoms with Crippen LogP contribution in [0.4, 0.5) is 18.9 Å². The predicted molar refractivity (Wildman–Crippen MR) is 116 cm³/mol. The Morgan fingerprint density at radius 2 is 1.69 bits per heavy atom. The summed E-state index contributed by atoms with van der Waals surface area (Å²) in [5.41, 5.74) is 5.70. The highest BCUT2D eigenvalue weighted by molar-refractivity contribution is 6.39. The molecule has 3 aromatic rings. The number of hydrogen-bond donors (Lipinski definition) is 2. The van der Waals surface area contributed by atoms with Crippen LogP contribution in [0.3, 0.4) is 0 Å². The first kappa shape index (κ1) is 22.8. The fourth-order valence-corrected chi connectivity index (χ4v) is 3.26. The number of halogens is 3. The third kappa shape index (κ3) is 5.23. The molecule has 9 heteroatoms. The lowest BCUT2D eigenvalue weighted by atomic mass is 10.2. The average Bonchev–Trinajstić information content (AvgIpc) is 3.00. The van der Waals surface area contributed by atoms with Gasteiger partial charge in [-0.15, -0.1) is 0 Å². The Kier molecular flexibility index (Phi) is 6.47. The Bertz CT molecular complexity index is 1200. The zero-order valence-electron chi connectivity index (χ0n) is 17.6. The van der Waals surface area contributed by atoms with Gasteiger partial charge >= 0.3 is 18.0 Å². The fourth-order valence-electron chi connectivity index (χ4n) is 3.26. The Morgan fingerprint density at radius 3 is 2.38 bits per heavy atom. The smallest absolute Gasteiger partial charge is 0.318 e. The maximum atomic E-state index is 12.8. The lowest BCUT2D eigenvalue weighted by molar-refractivity contribution is -0.137. The predicted octanol–water partition coefficient (Wildman–Crippen LogP) is 4.51. The van der Waals surface area contributed by atoms with Crippen LogP contribution in [0.15, 0.2) is 59.7 Å². The van der Waals surface area contributed by atoms with Gasteiger partial charge in [-0.1, -0.05) is 18.2 Å². The second-order valence-corrected chi connectivity index (χ2v) is 7.23. The van der Waals surface area contributed by atoms with E-state index in [4.69, 9.17) is 0 Å². The van der Waals surface area contributed by atoms with E-state index in [2.05, 4.69) is 15.8 Å². The highest BCUT2D eigenvalue weighted by Crippen LogP contribution is 2.30. The van der Waals surface area contributed by atoms with Crippen LogP contribution < -0.4 is 10.7 Å². The molecule has 2 N–H and O–H groups in total. The molecule has 1 aromatic heterocycles. The zero-order valence-corrected chi connectivity index (χ0v) is 17.6. The maximum Gasteiger partial charge on any atom is 0.416 e. The topological polar surface area (TPSA) is 75.5 Å². The van der Waals surface area contributed by atoms with Gasteiger partial charge in [0.25, 0.3) is 0 Å². The minimum atomic E-state index is -4.56. The normalized spacial score (nSPS) is 11.6. The van der Waals surface area contributed by atoms with Crippen molar-refractivity contribution < 1.29 is 22.8 Å². The molecule has 0 spiro atoms. The maximum absolute atomic E-state index is 12.8. The number of aromatic nitrogens is 1. The van der Waals surface area contributed by atoms with E-state index < -0.39 is 23.6 Å². The number of hydrogen-bond acceptors (Lipinski definition) is 3. The molecule has 0 fully saturated rings. The molecule has 0 bridgehead atoms. The van der Waals surface area contributed by atoms with Gasteiger partial charge in [0.15, 0.2) is 0 Å². The van der Waals surface area contributed by atoms with Crippen molar-refractivity contribution in [3.05, 3.63) is 82.7 Å². The standard InChI is InChI=1S/C23H21F3N4O2/c1-14-6-4-9-20(10-14)30-15(2)11-17(16(30)3)13-27-29-22(32)21(31)28-19-8-5-7-18(12-19)23(24,25)26/h4-13H,1-3H3,(H,28,31)(H,29,32)/b27-13-. The number of amides is 2. The zero-order chi connectivity index (χ0) is 23.5. The van der Waals surface area contributed by atoms with Crippen LogP contribution in [0.5, 0.6) is 0 Å². The number of carbonyl (C=O) groups excluding carboxylic acids is 2. The van der Waals surface area contributed by atoms with Crippen LogP contribution >= 0.6 is 0 Å². The van der Waals surface area contributed by atoms with Gasteiger partial charge in [-0.25, -0.2) is 5.43 Å². The van der Waals surface area contributed by atoms with Crippen LogP contribution in [-0.4, -0.2) is 22.6 Å². The molecule has 32 heavy (non-hydrogen) atoms. The summed E-state index contributed by atoms with van der Waals surface area (Å²) in [6.07, 6.45) is -3.15. The molecule has 0 saturated carbocycles. The van der Waals surface area contributed by atoms with Crippen molar-refractivity contribution in [2.24, 2.45) is 5.10 Å². The summed E-state index contributed by atoms with van der Waals surface area (Å²) in [7, 11) is 0. The first-order valence-electron chi connectivity index (χ1n) is 9.64. The SMILES string of the molecule is Cc1cccc(-n2c(C)cc(/C=N\NC(=O)C(=O)Nc3cccc(C(F)(F)F)c3)c2C)c1. The van der Waals surface area contributed by atoms with E-state index in [0.717, 1.165) is 46.4 Å². The molecule has 6 nitrogen and oxygen atoms in total. The number of alkyl halides is 3. The Morgan fingerprint density at radius 1 is 0.969 bits per heavy atom. The lowest BCUT2D eigenvalue weighted by Gasteiger charge is -2.10. The summed E-state index contributed by atoms with van der Waals surface area (Å²) in [6.45, 7) is 5.84. The molecule has 1 heterocycles. The van der Waals surface area contributed by atoms with Crippen molar-refractivity contribution in [2.45, 2.75) is 26.9 Å². The number of benzene rings is 2. The molecule has 0 aliphatic carbocycles. The number of anilines is 1. The average molecular weight is 442 g/mol. The van der Waals surface area contributed by atoms with Crippen molar-refractivity contribution in [2.75, 3.05) is 5.32 Å².